The van der Waals surface area contributed by atoms with Gasteiger partial charge >= 0.3 is 0 Å². The molecule has 148 valence electrons. The van der Waals surface area contributed by atoms with Gasteiger partial charge < -0.3 is 15.4 Å². The van der Waals surface area contributed by atoms with Gasteiger partial charge in [-0.3, -0.25) is 14.4 Å². The lowest BCUT2D eigenvalue weighted by molar-refractivity contribution is -0.118. The lowest BCUT2D eigenvalue weighted by Crippen LogP contribution is -2.23. The van der Waals surface area contributed by atoms with Crippen LogP contribution in [-0.4, -0.2) is 29.5 Å². The van der Waals surface area contributed by atoms with E-state index in [9.17, 15) is 14.4 Å². The average molecular weight is 409 g/mol. The molecule has 7 nitrogen and oxygen atoms in total. The second-order valence-electron chi connectivity index (χ2n) is 6.29. The van der Waals surface area contributed by atoms with E-state index in [1.807, 2.05) is 31.2 Å². The molecule has 0 saturated carbocycles. The van der Waals surface area contributed by atoms with Crippen LogP contribution in [0.5, 0.6) is 5.75 Å². The molecule has 2 aromatic carbocycles. The van der Waals surface area contributed by atoms with E-state index >= 15 is 0 Å². The maximum absolute atomic E-state index is 12.0. The summed E-state index contributed by atoms with van der Waals surface area (Å²) in [5.74, 6) is -0.394. The van der Waals surface area contributed by atoms with Crippen molar-refractivity contribution >= 4 is 46.4 Å². The molecule has 1 heterocycles. The number of rotatable bonds is 5. The van der Waals surface area contributed by atoms with Gasteiger partial charge in [0.2, 0.25) is 5.91 Å². The minimum Gasteiger partial charge on any atom is -0.484 e. The number of aliphatic imine (C=N–C) groups is 1. The number of benzene rings is 2. The van der Waals surface area contributed by atoms with E-state index in [4.69, 9.17) is 4.74 Å². The minimum atomic E-state index is -0.396. The fourth-order valence-electron chi connectivity index (χ4n) is 2.49. The van der Waals surface area contributed by atoms with E-state index in [0.29, 0.717) is 10.7 Å². The number of carbonyl (C=O) groups excluding carboxylic acids is 3. The summed E-state index contributed by atoms with van der Waals surface area (Å²) in [5, 5.41) is 5.55. The van der Waals surface area contributed by atoms with Crippen LogP contribution >= 0.6 is 11.8 Å². The van der Waals surface area contributed by atoms with Gasteiger partial charge in [-0.25, -0.2) is 0 Å². The van der Waals surface area contributed by atoms with Crippen LogP contribution < -0.4 is 15.4 Å². The summed E-state index contributed by atoms with van der Waals surface area (Å²) in [7, 11) is 0. The standard InChI is InChI=1S/C21H19N3O4S/c1-13-4-3-5-16(10-13)23-19(26)12-28-17-8-6-15(7-9-17)11-18-20(27)24-21(29-18)22-14(2)25/h3-11H,12H2,1-2H3,(H,23,26)(H,22,24,25,27). The van der Waals surface area contributed by atoms with Crippen LogP contribution in [0.2, 0.25) is 0 Å². The van der Waals surface area contributed by atoms with Crippen molar-refractivity contribution in [1.82, 2.24) is 5.32 Å². The van der Waals surface area contributed by atoms with Crippen LogP contribution in [0.25, 0.3) is 6.08 Å². The van der Waals surface area contributed by atoms with Crippen molar-refractivity contribution in [3.05, 3.63) is 64.6 Å². The molecule has 0 atom stereocenters. The third kappa shape index (κ3) is 6.05. The number of amidine groups is 1. The molecular formula is C21H19N3O4S. The van der Waals surface area contributed by atoms with Crippen molar-refractivity contribution in [3.63, 3.8) is 0 Å². The minimum absolute atomic E-state index is 0.114. The fraction of sp³-hybridized carbons (Fsp3) is 0.143. The van der Waals surface area contributed by atoms with E-state index in [0.717, 1.165) is 28.6 Å². The highest BCUT2D eigenvalue weighted by molar-refractivity contribution is 8.18. The first-order chi connectivity index (χ1) is 13.9. The largest absolute Gasteiger partial charge is 0.484 e. The maximum atomic E-state index is 12.0. The highest BCUT2D eigenvalue weighted by Crippen LogP contribution is 2.27. The topological polar surface area (TPSA) is 96.9 Å². The van der Waals surface area contributed by atoms with E-state index in [2.05, 4.69) is 15.6 Å². The van der Waals surface area contributed by atoms with Gasteiger partial charge in [0.05, 0.1) is 4.91 Å². The Morgan fingerprint density at radius 3 is 2.59 bits per heavy atom. The molecule has 3 amide bonds. The van der Waals surface area contributed by atoms with E-state index < -0.39 is 5.91 Å². The SMILES string of the molecule is CC(=O)NC1=NC(=O)C(=Cc2ccc(OCC(=O)Nc3cccc(C)c3)cc2)S1. The molecule has 0 aromatic heterocycles. The summed E-state index contributed by atoms with van der Waals surface area (Å²) in [4.78, 5) is 39.2. The van der Waals surface area contributed by atoms with Crippen molar-refractivity contribution in [2.24, 2.45) is 4.99 Å². The van der Waals surface area contributed by atoms with E-state index in [1.54, 1.807) is 30.3 Å². The Morgan fingerprint density at radius 1 is 1.14 bits per heavy atom. The normalized spacial score (nSPS) is 14.5. The molecule has 1 aliphatic rings. The second-order valence-corrected chi connectivity index (χ2v) is 7.32. The monoisotopic (exact) mass is 409 g/mol. The molecule has 1 aliphatic heterocycles. The molecule has 3 rings (SSSR count). The van der Waals surface area contributed by atoms with Gasteiger partial charge in [0.25, 0.3) is 11.8 Å². The Kier molecular flexibility index (Phi) is 6.46. The lowest BCUT2D eigenvalue weighted by atomic mass is 10.2. The van der Waals surface area contributed by atoms with E-state index in [1.165, 1.54) is 6.92 Å². The quantitative estimate of drug-likeness (QED) is 0.740. The average Bonchev–Trinajstić information content (AvgIpc) is 2.99. The smallest absolute Gasteiger partial charge is 0.286 e. The molecule has 0 bridgehead atoms. The third-order valence-corrected chi connectivity index (χ3v) is 4.65. The molecule has 0 unspecified atom stereocenters. The number of hydrogen-bond donors (Lipinski definition) is 2. The number of nitrogens with one attached hydrogen (secondary N) is 2. The van der Waals surface area contributed by atoms with Gasteiger partial charge in [0, 0.05) is 12.6 Å². The van der Waals surface area contributed by atoms with E-state index in [-0.39, 0.29) is 23.6 Å². The molecule has 29 heavy (non-hydrogen) atoms. The number of amides is 3. The summed E-state index contributed by atoms with van der Waals surface area (Å²) < 4.78 is 5.50. The second kappa shape index (κ2) is 9.20. The van der Waals surface area contributed by atoms with Crippen LogP contribution in [0.4, 0.5) is 5.69 Å². The molecule has 2 N–H and O–H groups in total. The molecule has 0 fully saturated rings. The maximum Gasteiger partial charge on any atom is 0.286 e. The molecule has 0 radical (unpaired) electrons. The third-order valence-electron chi connectivity index (χ3n) is 3.75. The predicted octanol–water partition coefficient (Wildman–Crippen LogP) is 3.12. The first kappa shape index (κ1) is 20.3. The molecule has 8 heteroatoms. The van der Waals surface area contributed by atoms with Gasteiger partial charge in [-0.2, -0.15) is 4.99 Å². The fourth-order valence-corrected chi connectivity index (χ4v) is 3.35. The van der Waals surface area contributed by atoms with Crippen LogP contribution in [-0.2, 0) is 14.4 Å². The summed E-state index contributed by atoms with van der Waals surface area (Å²) in [6, 6.07) is 14.5. The van der Waals surface area contributed by atoms with Crippen LogP contribution in [0.3, 0.4) is 0 Å². The van der Waals surface area contributed by atoms with Crippen LogP contribution in [0, 0.1) is 6.92 Å². The Morgan fingerprint density at radius 2 is 1.90 bits per heavy atom. The number of anilines is 1. The number of hydrogen-bond acceptors (Lipinski definition) is 5. The first-order valence-electron chi connectivity index (χ1n) is 8.78. The Hall–Kier alpha value is -3.39. The Balaban J connectivity index is 1.53. The van der Waals surface area contributed by atoms with Crippen molar-refractivity contribution in [2.75, 3.05) is 11.9 Å². The summed E-state index contributed by atoms with van der Waals surface area (Å²) in [6.07, 6.45) is 1.68. The molecular weight excluding hydrogens is 390 g/mol. The van der Waals surface area contributed by atoms with Crippen molar-refractivity contribution in [1.29, 1.82) is 0 Å². The van der Waals surface area contributed by atoms with Gasteiger partial charge in [0.15, 0.2) is 11.8 Å². The zero-order chi connectivity index (χ0) is 20.8. The van der Waals surface area contributed by atoms with Crippen LogP contribution in [0.15, 0.2) is 58.4 Å². The lowest BCUT2D eigenvalue weighted by Gasteiger charge is -2.08. The van der Waals surface area contributed by atoms with Crippen molar-refractivity contribution in [2.45, 2.75) is 13.8 Å². The summed E-state index contributed by atoms with van der Waals surface area (Å²) in [5.41, 5.74) is 2.55. The van der Waals surface area contributed by atoms with Gasteiger partial charge in [-0.15, -0.1) is 0 Å². The first-order valence-corrected chi connectivity index (χ1v) is 9.60. The summed E-state index contributed by atoms with van der Waals surface area (Å²) >= 11 is 1.11. The van der Waals surface area contributed by atoms with Crippen molar-refractivity contribution < 1.29 is 19.1 Å². The number of aryl methyl sites for hydroxylation is 1. The zero-order valence-corrected chi connectivity index (χ0v) is 16.7. The number of ether oxygens (including phenoxy) is 1. The van der Waals surface area contributed by atoms with Crippen molar-refractivity contribution in [3.8, 4) is 5.75 Å². The molecule has 2 aromatic rings. The van der Waals surface area contributed by atoms with Gasteiger partial charge in [-0.05, 0) is 60.2 Å². The van der Waals surface area contributed by atoms with Crippen LogP contribution in [0.1, 0.15) is 18.1 Å². The van der Waals surface area contributed by atoms with Gasteiger partial charge in [0.1, 0.15) is 5.75 Å². The number of carbonyl (C=O) groups is 3. The molecule has 0 saturated heterocycles. The Labute approximate surface area is 172 Å². The molecule has 0 aliphatic carbocycles. The molecule has 0 spiro atoms. The predicted molar refractivity (Wildman–Crippen MR) is 114 cm³/mol. The Bertz CT molecular complexity index is 1010. The van der Waals surface area contributed by atoms with Gasteiger partial charge in [-0.1, -0.05) is 24.3 Å². The zero-order valence-electron chi connectivity index (χ0n) is 15.9. The number of nitrogens with zero attached hydrogens (tertiary/aromatic N) is 1. The highest BCUT2D eigenvalue weighted by Gasteiger charge is 2.22. The highest BCUT2D eigenvalue weighted by atomic mass is 32.2. The summed E-state index contributed by atoms with van der Waals surface area (Å²) in [6.45, 7) is 3.19. The number of thioether (sulfide) groups is 1.